The van der Waals surface area contributed by atoms with Crippen molar-refractivity contribution in [3.05, 3.63) is 11.5 Å². The molecule has 0 aromatic heterocycles. The molecule has 0 aromatic rings. The van der Waals surface area contributed by atoms with Crippen LogP contribution in [0.2, 0.25) is 0 Å². The normalized spacial score (nSPS) is 11.5. The smallest absolute Gasteiger partial charge is 0.670 e. The molecular weight excluding hydrogens is 464 g/mol. The van der Waals surface area contributed by atoms with Crippen molar-refractivity contribution in [2.75, 3.05) is 26.3 Å². The number of hydrogen-bond donors (Lipinski definition) is 2. The quantitative estimate of drug-likeness (QED) is 0.250. The Kier molecular flexibility index (Phi) is 24.5. The fourth-order valence-electron chi connectivity index (χ4n) is 1.93. The summed E-state index contributed by atoms with van der Waals surface area (Å²) in [5.74, 6) is -2.71. The molecule has 0 fully saturated rings. The molecule has 0 bridgehead atoms. The molecule has 185 valence electrons. The number of alkyl carbamates (subject to hydrolysis) is 2. The molecule has 0 spiro atoms. The molecular formula is C18H32CuN4O8-2. The molecule has 0 aliphatic heterocycles. The van der Waals surface area contributed by atoms with E-state index in [2.05, 4.69) is 20.1 Å². The van der Waals surface area contributed by atoms with Gasteiger partial charge in [0.15, 0.2) is 0 Å². The number of nitrogens with one attached hydrogen (secondary N) is 4. The summed E-state index contributed by atoms with van der Waals surface area (Å²) in [6.07, 6.45) is 1.92. The summed E-state index contributed by atoms with van der Waals surface area (Å²) in [6, 6.07) is -2.35. The van der Waals surface area contributed by atoms with Crippen molar-refractivity contribution in [3.8, 4) is 0 Å². The number of carboxylic acids is 2. The van der Waals surface area contributed by atoms with Gasteiger partial charge in [-0.05, 0) is 26.7 Å². The average Bonchev–Trinajstić information content (AvgIpc) is 2.67. The number of unbranched alkanes of at least 4 members (excludes halogenated alkanes) is 2. The maximum atomic E-state index is 10.8. The van der Waals surface area contributed by atoms with Crippen LogP contribution in [-0.2, 0) is 36.1 Å². The number of carboxylic acid groups (broad SMARTS) is 2. The van der Waals surface area contributed by atoms with Crippen molar-refractivity contribution in [2.45, 2.75) is 64.5 Å². The summed E-state index contributed by atoms with van der Waals surface area (Å²) in [4.78, 5) is 41.9. The van der Waals surface area contributed by atoms with E-state index in [4.69, 9.17) is 11.5 Å². The molecule has 2 amide bonds. The summed E-state index contributed by atoms with van der Waals surface area (Å²) >= 11 is 0. The fourth-order valence-corrected chi connectivity index (χ4v) is 1.93. The van der Waals surface area contributed by atoms with E-state index in [0.717, 1.165) is 0 Å². The van der Waals surface area contributed by atoms with Gasteiger partial charge in [0.1, 0.15) is 0 Å². The van der Waals surface area contributed by atoms with Crippen molar-refractivity contribution in [1.29, 1.82) is 0 Å². The Bertz CT molecular complexity index is 467. The van der Waals surface area contributed by atoms with Crippen LogP contribution in [0.5, 0.6) is 0 Å². The molecule has 13 heteroatoms. The van der Waals surface area contributed by atoms with Gasteiger partial charge in [-0.15, -0.1) is 0 Å². The second-order valence-electron chi connectivity index (χ2n) is 6.03. The van der Waals surface area contributed by atoms with Gasteiger partial charge in [-0.25, -0.2) is 9.59 Å². The number of aliphatic carboxylic acids is 2. The monoisotopic (exact) mass is 495 g/mol. The molecule has 0 saturated heterocycles. The zero-order valence-electron chi connectivity index (χ0n) is 17.8. The summed E-state index contributed by atoms with van der Waals surface area (Å²) in [5.41, 5.74) is 14.1. The van der Waals surface area contributed by atoms with Crippen molar-refractivity contribution in [1.82, 2.24) is 10.6 Å². The SMILES string of the molecule is CCOC(=O)NCCCCC([NH-])C(=O)[O-].CCOC(=O)NCCCCC([NH-])C(=O)[O-].[Cu+2]. The third kappa shape index (κ3) is 24.1. The number of hydrogen-bond acceptors (Lipinski definition) is 8. The zero-order chi connectivity index (χ0) is 23.4. The van der Waals surface area contributed by atoms with Gasteiger partial charge < -0.3 is 51.4 Å². The minimum Gasteiger partial charge on any atom is -0.670 e. The Morgan fingerprint density at radius 3 is 1.32 bits per heavy atom. The minimum absolute atomic E-state index is 0. The fraction of sp³-hybridized carbons (Fsp3) is 0.778. The Hall–Kier alpha value is -2.08. The van der Waals surface area contributed by atoms with Gasteiger partial charge in [0, 0.05) is 25.0 Å². The van der Waals surface area contributed by atoms with Crippen molar-refractivity contribution >= 4 is 24.1 Å². The first-order chi connectivity index (χ1) is 14.1. The summed E-state index contributed by atoms with van der Waals surface area (Å²) < 4.78 is 9.23. The number of carbonyl (C=O) groups excluding carboxylic acids is 4. The van der Waals surface area contributed by atoms with Crippen LogP contribution in [-0.4, -0.2) is 62.5 Å². The standard InChI is InChI=1S/2C9H17N2O4.Cu/c2*1-2-15-9(14)11-6-4-3-5-7(10)8(12)13;/h2*7,10H,2-6H2,1H3,(H,11,14)(H,12,13);/q2*-1;+2/p-2. The first-order valence-corrected chi connectivity index (χ1v) is 9.80. The van der Waals surface area contributed by atoms with E-state index in [1.165, 1.54) is 0 Å². The van der Waals surface area contributed by atoms with Crippen LogP contribution in [0.1, 0.15) is 52.4 Å². The number of rotatable bonds is 14. The second kappa shape index (κ2) is 22.6. The molecule has 0 rings (SSSR count). The number of ether oxygens (including phenoxy) is 2. The molecule has 0 aliphatic rings. The van der Waals surface area contributed by atoms with Gasteiger partial charge in [0.2, 0.25) is 0 Å². The maximum absolute atomic E-state index is 10.8. The van der Waals surface area contributed by atoms with E-state index in [1.807, 2.05) is 0 Å². The maximum Gasteiger partial charge on any atom is 2.00 e. The molecule has 1 radical (unpaired) electrons. The van der Waals surface area contributed by atoms with Crippen LogP contribution in [0.4, 0.5) is 9.59 Å². The Labute approximate surface area is 193 Å². The van der Waals surface area contributed by atoms with Gasteiger partial charge in [-0.1, -0.05) is 37.8 Å². The van der Waals surface area contributed by atoms with Crippen LogP contribution in [0.3, 0.4) is 0 Å². The van der Waals surface area contributed by atoms with E-state index >= 15 is 0 Å². The van der Waals surface area contributed by atoms with Gasteiger partial charge in [-0.2, -0.15) is 0 Å². The predicted molar refractivity (Wildman–Crippen MR) is 104 cm³/mol. The predicted octanol–water partition coefficient (Wildman–Crippen LogP) is 0.145. The van der Waals surface area contributed by atoms with Gasteiger partial charge in [0.25, 0.3) is 0 Å². The molecule has 0 saturated carbocycles. The van der Waals surface area contributed by atoms with E-state index in [1.54, 1.807) is 13.8 Å². The van der Waals surface area contributed by atoms with Crippen LogP contribution in [0, 0.1) is 0 Å². The molecule has 4 N–H and O–H groups in total. The first kappa shape index (κ1) is 33.6. The molecule has 31 heavy (non-hydrogen) atoms. The Morgan fingerprint density at radius 1 is 0.742 bits per heavy atom. The van der Waals surface area contributed by atoms with Gasteiger partial charge in [0.05, 0.1) is 13.2 Å². The molecule has 2 unspecified atom stereocenters. The Morgan fingerprint density at radius 2 is 1.06 bits per heavy atom. The summed E-state index contributed by atoms with van der Waals surface area (Å²) in [5, 5.41) is 25.3. The van der Waals surface area contributed by atoms with Gasteiger partial charge >= 0.3 is 29.3 Å². The summed E-state index contributed by atoms with van der Waals surface area (Å²) in [6.45, 7) is 4.93. The number of amides is 2. The Balaban J connectivity index is -0.000000490. The van der Waals surface area contributed by atoms with Crippen LogP contribution >= 0.6 is 0 Å². The minimum atomic E-state index is -1.35. The van der Waals surface area contributed by atoms with Crippen LogP contribution < -0.4 is 20.8 Å². The largest absolute Gasteiger partial charge is 2.00 e. The van der Waals surface area contributed by atoms with Crippen molar-refractivity contribution in [3.63, 3.8) is 0 Å². The molecule has 2 atom stereocenters. The van der Waals surface area contributed by atoms with E-state index in [-0.39, 0.29) is 29.9 Å². The first-order valence-electron chi connectivity index (χ1n) is 9.80. The van der Waals surface area contributed by atoms with E-state index in [9.17, 15) is 29.4 Å². The molecule has 0 aromatic carbocycles. The molecule has 12 nitrogen and oxygen atoms in total. The third-order valence-corrected chi connectivity index (χ3v) is 3.50. The van der Waals surface area contributed by atoms with Crippen molar-refractivity contribution < 1.29 is 55.9 Å². The molecule has 0 aliphatic carbocycles. The van der Waals surface area contributed by atoms with Crippen molar-refractivity contribution in [2.24, 2.45) is 0 Å². The van der Waals surface area contributed by atoms with Crippen LogP contribution in [0.25, 0.3) is 11.5 Å². The third-order valence-electron chi connectivity index (χ3n) is 3.50. The second-order valence-corrected chi connectivity index (χ2v) is 6.03. The number of carbonyl (C=O) groups is 4. The summed E-state index contributed by atoms with van der Waals surface area (Å²) in [7, 11) is 0. The van der Waals surface area contributed by atoms with E-state index < -0.39 is 36.2 Å². The molecule has 0 heterocycles. The van der Waals surface area contributed by atoms with Crippen LogP contribution in [0.15, 0.2) is 0 Å². The average molecular weight is 496 g/mol. The topological polar surface area (TPSA) is 205 Å². The van der Waals surface area contributed by atoms with E-state index in [0.29, 0.717) is 52.0 Å². The zero-order valence-corrected chi connectivity index (χ0v) is 18.7. The van der Waals surface area contributed by atoms with Gasteiger partial charge in [-0.3, -0.25) is 0 Å².